The molecule has 40 heavy (non-hydrogen) atoms. The van der Waals surface area contributed by atoms with Gasteiger partial charge in [0, 0.05) is 6.04 Å². The number of carboxylic acids is 2. The van der Waals surface area contributed by atoms with E-state index in [1.54, 1.807) is 6.92 Å². The zero-order valence-electron chi connectivity index (χ0n) is 23.3. The number of urea groups is 1. The largest absolute Gasteiger partial charge is 0.480 e. The Balaban J connectivity index is 0.000000395. The van der Waals surface area contributed by atoms with Gasteiger partial charge >= 0.3 is 18.0 Å². The maximum absolute atomic E-state index is 13.0. The summed E-state index contributed by atoms with van der Waals surface area (Å²) in [5.41, 5.74) is 5.84. The number of nitrogens with zero attached hydrogens (tertiary/aromatic N) is 1. The fourth-order valence-corrected chi connectivity index (χ4v) is 5.55. The first-order valence-corrected chi connectivity index (χ1v) is 14.5. The molecule has 3 rings (SSSR count). The van der Waals surface area contributed by atoms with Crippen LogP contribution in [-0.2, 0) is 25.6 Å². The molecule has 2 aliphatic rings. The number of likely N-dealkylation sites (tertiary alicyclic amines) is 1. The summed E-state index contributed by atoms with van der Waals surface area (Å²) in [4.78, 5) is 59.5. The molecular weight excluding hydrogens is 584 g/mol. The zero-order chi connectivity index (χ0) is 30.0. The minimum atomic E-state index is -1.01. The second kappa shape index (κ2) is 15.1. The van der Waals surface area contributed by atoms with Crippen molar-refractivity contribution in [3.05, 3.63) is 35.9 Å². The van der Waals surface area contributed by atoms with E-state index in [1.807, 2.05) is 49.5 Å². The van der Waals surface area contributed by atoms with Gasteiger partial charge in [0.1, 0.15) is 16.4 Å². The number of carboxylic acid groups (broad SMARTS) is 2. The molecule has 1 saturated heterocycles. The highest BCUT2D eigenvalue weighted by atomic mass is 79.9. The van der Waals surface area contributed by atoms with Gasteiger partial charge in [0.05, 0.1) is 6.04 Å². The Morgan fingerprint density at radius 2 is 1.73 bits per heavy atom. The summed E-state index contributed by atoms with van der Waals surface area (Å²) < 4.78 is -0.665. The molecule has 2 fully saturated rings. The fourth-order valence-electron chi connectivity index (χ4n) is 5.45. The van der Waals surface area contributed by atoms with Crippen LogP contribution in [0.25, 0.3) is 0 Å². The van der Waals surface area contributed by atoms with Crippen molar-refractivity contribution in [3.63, 3.8) is 0 Å². The van der Waals surface area contributed by atoms with Crippen molar-refractivity contribution in [1.29, 1.82) is 0 Å². The van der Waals surface area contributed by atoms with Gasteiger partial charge in [-0.3, -0.25) is 25.0 Å². The van der Waals surface area contributed by atoms with Crippen LogP contribution >= 0.6 is 15.9 Å². The second-order valence-corrected chi connectivity index (χ2v) is 11.9. The van der Waals surface area contributed by atoms with Crippen LogP contribution in [0.5, 0.6) is 0 Å². The van der Waals surface area contributed by atoms with Crippen LogP contribution in [0.3, 0.4) is 0 Å². The Labute approximate surface area is 243 Å². The van der Waals surface area contributed by atoms with Crippen LogP contribution in [-0.4, -0.2) is 73.4 Å². The van der Waals surface area contributed by atoms with Gasteiger partial charge in [0.2, 0.25) is 11.8 Å². The van der Waals surface area contributed by atoms with Crippen LogP contribution in [0.2, 0.25) is 0 Å². The molecule has 1 aromatic rings. The average Bonchev–Trinajstić information content (AvgIpc) is 3.52. The van der Waals surface area contributed by atoms with E-state index in [0.29, 0.717) is 32.1 Å². The highest BCUT2D eigenvalue weighted by Crippen LogP contribution is 2.41. The van der Waals surface area contributed by atoms with Crippen molar-refractivity contribution in [1.82, 2.24) is 15.5 Å². The molecule has 1 aliphatic carbocycles. The van der Waals surface area contributed by atoms with Crippen molar-refractivity contribution in [2.45, 2.75) is 101 Å². The number of aryl methyl sites for hydroxylation is 1. The van der Waals surface area contributed by atoms with Gasteiger partial charge in [-0.15, -0.1) is 0 Å². The number of hydrogen-bond acceptors (Lipinski definition) is 6. The lowest BCUT2D eigenvalue weighted by Crippen LogP contribution is -2.55. The van der Waals surface area contributed by atoms with Crippen molar-refractivity contribution in [2.75, 3.05) is 0 Å². The molecule has 1 saturated carbocycles. The van der Waals surface area contributed by atoms with Crippen LogP contribution in [0.15, 0.2) is 30.3 Å². The summed E-state index contributed by atoms with van der Waals surface area (Å²) >= 11 is 3.26. The summed E-state index contributed by atoms with van der Waals surface area (Å²) in [7, 11) is 0. The van der Waals surface area contributed by atoms with E-state index in [-0.39, 0.29) is 23.8 Å². The first-order chi connectivity index (χ1) is 18.8. The molecule has 0 unspecified atom stereocenters. The molecule has 1 aliphatic heterocycles. The molecule has 222 valence electrons. The van der Waals surface area contributed by atoms with Gasteiger partial charge in [-0.2, -0.15) is 0 Å². The number of alkyl halides is 1. The van der Waals surface area contributed by atoms with Crippen molar-refractivity contribution in [3.8, 4) is 0 Å². The predicted molar refractivity (Wildman–Crippen MR) is 153 cm³/mol. The smallest absolute Gasteiger partial charge is 0.326 e. The summed E-state index contributed by atoms with van der Waals surface area (Å²) in [6.07, 6.45) is 5.43. The normalized spacial score (nSPS) is 21.4. The lowest BCUT2D eigenvalue weighted by Gasteiger charge is -2.31. The van der Waals surface area contributed by atoms with Crippen LogP contribution in [0, 0.1) is 5.92 Å². The Hall–Kier alpha value is -2.99. The number of primary amides is 1. The number of nitrogens with two attached hydrogens (primary N) is 1. The van der Waals surface area contributed by atoms with Crippen LogP contribution < -0.4 is 16.4 Å². The molecule has 5 atom stereocenters. The molecule has 12 heteroatoms. The zero-order valence-corrected chi connectivity index (χ0v) is 24.9. The highest BCUT2D eigenvalue weighted by Gasteiger charge is 2.49. The van der Waals surface area contributed by atoms with E-state index in [9.17, 15) is 34.2 Å². The molecular formula is C28H41BrN4O7. The summed E-state index contributed by atoms with van der Waals surface area (Å²) in [6, 6.07) is 6.32. The van der Waals surface area contributed by atoms with Crippen molar-refractivity contribution >= 4 is 45.7 Å². The molecule has 1 heterocycles. The number of nitrogens with one attached hydrogen (secondary N) is 2. The standard InChI is InChI=1S/C21H28N2O5.C7H13BrN2O2/c1-13(22-16(20(25)26)11-10-14-6-3-2-4-7-14)19(24)23-17-9-5-8-15(17)12-18(23)21(27)28;1-3-7(8,4-2)5(11)10-6(9)12/h2-4,6-7,13,15-18,22H,5,8-12H2,1H3,(H,25,26)(H,27,28);3-4H2,1-2H3,(H3,9,10,11,12)/t13-,15-,16-,17-,18-;/m0./s1. The summed E-state index contributed by atoms with van der Waals surface area (Å²) in [5.74, 6) is -2.43. The predicted octanol–water partition coefficient (Wildman–Crippen LogP) is 3.04. The molecule has 0 aromatic heterocycles. The van der Waals surface area contributed by atoms with Gasteiger partial charge in [-0.25, -0.2) is 9.59 Å². The van der Waals surface area contributed by atoms with Gasteiger partial charge in [0.25, 0.3) is 0 Å². The van der Waals surface area contributed by atoms with E-state index in [1.165, 1.54) is 4.90 Å². The molecule has 6 N–H and O–H groups in total. The van der Waals surface area contributed by atoms with Gasteiger partial charge in [0.15, 0.2) is 0 Å². The average molecular weight is 626 g/mol. The molecule has 0 spiro atoms. The number of imide groups is 1. The van der Waals surface area contributed by atoms with Gasteiger partial charge < -0.3 is 20.8 Å². The van der Waals surface area contributed by atoms with Crippen molar-refractivity contribution in [2.24, 2.45) is 11.7 Å². The number of rotatable bonds is 11. The van der Waals surface area contributed by atoms with E-state index in [0.717, 1.165) is 24.8 Å². The number of carbonyl (C=O) groups is 5. The number of benzene rings is 1. The number of aliphatic carboxylic acids is 2. The van der Waals surface area contributed by atoms with E-state index >= 15 is 0 Å². The van der Waals surface area contributed by atoms with Gasteiger partial charge in [-0.05, 0) is 63.4 Å². The lowest BCUT2D eigenvalue weighted by atomic mass is 10.0. The first kappa shape index (κ1) is 33.2. The van der Waals surface area contributed by atoms with E-state index in [2.05, 4.69) is 21.2 Å². The molecule has 0 radical (unpaired) electrons. The van der Waals surface area contributed by atoms with Crippen molar-refractivity contribution < 1.29 is 34.2 Å². The van der Waals surface area contributed by atoms with Crippen LogP contribution in [0.1, 0.15) is 71.3 Å². The monoisotopic (exact) mass is 624 g/mol. The summed E-state index contributed by atoms with van der Waals surface area (Å²) in [5, 5.41) is 24.1. The number of amides is 4. The number of fused-ring (bicyclic) bond motifs is 1. The molecule has 0 bridgehead atoms. The Morgan fingerprint density at radius 1 is 1.10 bits per heavy atom. The Morgan fingerprint density at radius 3 is 2.25 bits per heavy atom. The Bertz CT molecular complexity index is 1050. The topological polar surface area (TPSA) is 179 Å². The van der Waals surface area contributed by atoms with E-state index < -0.39 is 40.4 Å². The maximum atomic E-state index is 13.0. The maximum Gasteiger partial charge on any atom is 0.326 e. The lowest BCUT2D eigenvalue weighted by molar-refractivity contribution is -0.151. The third-order valence-corrected chi connectivity index (χ3v) is 9.31. The molecule has 11 nitrogen and oxygen atoms in total. The third-order valence-electron chi connectivity index (χ3n) is 7.83. The molecule has 1 aromatic carbocycles. The van der Waals surface area contributed by atoms with Gasteiger partial charge in [-0.1, -0.05) is 66.5 Å². The fraction of sp³-hybridized carbons (Fsp3) is 0.607. The minimum absolute atomic E-state index is 0.0366. The third kappa shape index (κ3) is 8.76. The summed E-state index contributed by atoms with van der Waals surface area (Å²) in [6.45, 7) is 5.35. The SMILES string of the molecule is CCC(Br)(CC)C(=O)NC(N)=O.C[C@H](N[C@@H](CCc1ccccc1)C(=O)O)C(=O)N1[C@H](C(=O)O)C[C@@H]2CCC[C@@H]21. The number of halogens is 1. The number of carbonyl (C=O) groups excluding carboxylic acids is 3. The minimum Gasteiger partial charge on any atom is -0.480 e. The number of hydrogen-bond donors (Lipinski definition) is 5. The highest BCUT2D eigenvalue weighted by molar-refractivity contribution is 9.10. The second-order valence-electron chi connectivity index (χ2n) is 10.4. The molecule has 4 amide bonds. The first-order valence-electron chi connectivity index (χ1n) is 13.7. The van der Waals surface area contributed by atoms with E-state index in [4.69, 9.17) is 5.73 Å². The Kier molecular flexibility index (Phi) is 12.6. The van der Waals surface area contributed by atoms with Crippen LogP contribution in [0.4, 0.5) is 4.79 Å². The quantitative estimate of drug-likeness (QED) is 0.233.